The molecule has 2 aromatic heterocycles. The van der Waals surface area contributed by atoms with Crippen LogP contribution in [0.3, 0.4) is 0 Å². The quantitative estimate of drug-likeness (QED) is 0.679. The minimum Gasteiger partial charge on any atom is -0.497 e. The number of rotatable bonds is 6. The Morgan fingerprint density at radius 3 is 2.87 bits per heavy atom. The number of carbonyl (C=O) groups is 1. The zero-order valence-corrected chi connectivity index (χ0v) is 17.6. The summed E-state index contributed by atoms with van der Waals surface area (Å²) in [5.74, 6) is 1.71. The van der Waals surface area contributed by atoms with E-state index in [4.69, 9.17) is 9.47 Å². The van der Waals surface area contributed by atoms with E-state index in [-0.39, 0.29) is 18.6 Å². The van der Waals surface area contributed by atoms with Crippen LogP contribution in [0.25, 0.3) is 11.0 Å². The van der Waals surface area contributed by atoms with E-state index in [1.54, 1.807) is 7.11 Å². The van der Waals surface area contributed by atoms with E-state index < -0.39 is 0 Å². The first-order valence-electron chi connectivity index (χ1n) is 10.5. The minimum absolute atomic E-state index is 0.0114. The maximum atomic E-state index is 12.5. The molecule has 30 heavy (non-hydrogen) atoms. The largest absolute Gasteiger partial charge is 0.497 e. The van der Waals surface area contributed by atoms with Gasteiger partial charge >= 0.3 is 0 Å². The second-order valence-corrected chi connectivity index (χ2v) is 8.27. The Balaban J connectivity index is 1.26. The van der Waals surface area contributed by atoms with Crippen molar-refractivity contribution in [2.45, 2.75) is 44.6 Å². The molecule has 1 fully saturated rings. The number of pyridine rings is 1. The Hall–Kier alpha value is -3.09. The third-order valence-electron chi connectivity index (χ3n) is 6.07. The molecule has 7 nitrogen and oxygen atoms in total. The molecular formula is C23H26N4O3. The van der Waals surface area contributed by atoms with E-state index in [9.17, 15) is 4.79 Å². The first-order chi connectivity index (χ1) is 14.5. The number of benzene rings is 1. The van der Waals surface area contributed by atoms with Crippen molar-refractivity contribution < 1.29 is 14.3 Å². The fourth-order valence-corrected chi connectivity index (χ4v) is 4.40. The maximum absolute atomic E-state index is 12.5. The van der Waals surface area contributed by atoms with Gasteiger partial charge in [-0.05, 0) is 61.4 Å². The van der Waals surface area contributed by atoms with E-state index in [0.717, 1.165) is 46.4 Å². The second-order valence-electron chi connectivity index (χ2n) is 8.27. The van der Waals surface area contributed by atoms with E-state index in [1.807, 2.05) is 42.9 Å². The molecule has 2 aliphatic carbocycles. The van der Waals surface area contributed by atoms with Crippen molar-refractivity contribution in [3.63, 3.8) is 0 Å². The molecule has 0 aliphatic heterocycles. The molecule has 1 amide bonds. The van der Waals surface area contributed by atoms with Crippen LogP contribution in [0.2, 0.25) is 0 Å². The average Bonchev–Trinajstić information content (AvgIpc) is 3.43. The first kappa shape index (κ1) is 18.9. The third-order valence-corrected chi connectivity index (χ3v) is 6.07. The lowest BCUT2D eigenvalue weighted by atomic mass is 10.1. The number of amides is 1. The van der Waals surface area contributed by atoms with Gasteiger partial charge in [0.2, 0.25) is 5.88 Å². The van der Waals surface area contributed by atoms with Gasteiger partial charge in [0.05, 0.1) is 18.8 Å². The molecule has 1 aromatic carbocycles. The topological polar surface area (TPSA) is 78.3 Å². The third kappa shape index (κ3) is 3.38. The zero-order chi connectivity index (χ0) is 20.8. The molecule has 1 saturated carbocycles. The van der Waals surface area contributed by atoms with Gasteiger partial charge in [0.25, 0.3) is 5.91 Å². The lowest BCUT2D eigenvalue weighted by molar-refractivity contribution is -0.123. The molecule has 2 heterocycles. The minimum atomic E-state index is -0.146. The van der Waals surface area contributed by atoms with Crippen LogP contribution in [-0.4, -0.2) is 34.4 Å². The smallest absolute Gasteiger partial charge is 0.258 e. The van der Waals surface area contributed by atoms with Gasteiger partial charge in [-0.1, -0.05) is 6.07 Å². The van der Waals surface area contributed by atoms with Crippen LogP contribution in [0.4, 0.5) is 0 Å². The number of nitrogens with one attached hydrogen (secondary N) is 1. The van der Waals surface area contributed by atoms with E-state index >= 15 is 0 Å². The predicted octanol–water partition coefficient (Wildman–Crippen LogP) is 3.35. The molecule has 0 bridgehead atoms. The van der Waals surface area contributed by atoms with Crippen LogP contribution in [0.5, 0.6) is 11.6 Å². The van der Waals surface area contributed by atoms with Crippen LogP contribution in [0.15, 0.2) is 24.3 Å². The number of carbonyl (C=O) groups excluding carboxylic acids is 1. The summed E-state index contributed by atoms with van der Waals surface area (Å²) in [6.07, 6.45) is 4.21. The first-order valence-corrected chi connectivity index (χ1v) is 10.5. The van der Waals surface area contributed by atoms with Gasteiger partial charge in [0.1, 0.15) is 5.75 Å². The highest BCUT2D eigenvalue weighted by Gasteiger charge is 2.30. The number of nitrogens with zero attached hydrogens (tertiary/aromatic N) is 3. The van der Waals surface area contributed by atoms with E-state index in [1.165, 1.54) is 18.4 Å². The monoisotopic (exact) mass is 406 g/mol. The number of fused-ring (bicyclic) bond motifs is 2. The van der Waals surface area contributed by atoms with Crippen LogP contribution in [0.1, 0.15) is 53.6 Å². The average molecular weight is 406 g/mol. The number of hydrogen-bond donors (Lipinski definition) is 1. The number of aromatic nitrogens is 3. The second kappa shape index (κ2) is 7.31. The summed E-state index contributed by atoms with van der Waals surface area (Å²) in [5.41, 5.74) is 5.42. The summed E-state index contributed by atoms with van der Waals surface area (Å²) in [7, 11) is 3.57. The van der Waals surface area contributed by atoms with Gasteiger partial charge in [-0.2, -0.15) is 10.1 Å². The van der Waals surface area contributed by atoms with Gasteiger partial charge in [-0.15, -0.1) is 0 Å². The molecule has 7 heteroatoms. The summed E-state index contributed by atoms with van der Waals surface area (Å²) in [4.78, 5) is 17.1. The molecule has 156 valence electrons. The van der Waals surface area contributed by atoms with E-state index in [0.29, 0.717) is 11.8 Å². The summed E-state index contributed by atoms with van der Waals surface area (Å²) >= 11 is 0. The van der Waals surface area contributed by atoms with Gasteiger partial charge in [0.15, 0.2) is 12.3 Å². The van der Waals surface area contributed by atoms with Crippen LogP contribution in [-0.2, 0) is 18.3 Å². The summed E-state index contributed by atoms with van der Waals surface area (Å²) < 4.78 is 12.8. The van der Waals surface area contributed by atoms with Gasteiger partial charge in [-0.25, -0.2) is 0 Å². The Morgan fingerprint density at radius 1 is 1.27 bits per heavy atom. The predicted molar refractivity (Wildman–Crippen MR) is 113 cm³/mol. The Labute approximate surface area is 175 Å². The lowest BCUT2D eigenvalue weighted by Crippen LogP contribution is -2.31. The molecule has 0 saturated heterocycles. The highest BCUT2D eigenvalue weighted by molar-refractivity contribution is 5.84. The molecule has 3 aromatic rings. The Kier molecular flexibility index (Phi) is 4.60. The summed E-state index contributed by atoms with van der Waals surface area (Å²) in [6, 6.07) is 7.93. The zero-order valence-electron chi connectivity index (χ0n) is 17.6. The normalized spacial score (nSPS) is 17.8. The number of ether oxygens (including phenoxy) is 2. The fraction of sp³-hybridized carbons (Fsp3) is 0.435. The molecule has 1 N–H and O–H groups in total. The summed E-state index contributed by atoms with van der Waals surface area (Å²) in [5, 5.41) is 8.86. The fourth-order valence-electron chi connectivity index (χ4n) is 4.40. The van der Waals surface area contributed by atoms with E-state index in [2.05, 4.69) is 15.4 Å². The van der Waals surface area contributed by atoms with Crippen molar-refractivity contribution in [1.29, 1.82) is 0 Å². The van der Waals surface area contributed by atoms with Crippen LogP contribution < -0.4 is 14.8 Å². The van der Waals surface area contributed by atoms with Crippen molar-refractivity contribution in [2.75, 3.05) is 13.7 Å². The molecular weight excluding hydrogens is 380 g/mol. The maximum Gasteiger partial charge on any atom is 0.258 e. The number of methoxy groups -OCH3 is 1. The van der Waals surface area contributed by atoms with Crippen LogP contribution >= 0.6 is 0 Å². The SMILES string of the molecule is COc1ccc2c(c1)CC[C@H]2NC(=O)COc1cc(C)c2c(C3CC3)nn(C)c2n1. The Bertz CT molecular complexity index is 1130. The van der Waals surface area contributed by atoms with Crippen molar-refractivity contribution in [3.05, 3.63) is 46.6 Å². The summed E-state index contributed by atoms with van der Waals surface area (Å²) in [6.45, 7) is 1.99. The lowest BCUT2D eigenvalue weighted by Gasteiger charge is -2.15. The van der Waals surface area contributed by atoms with Crippen molar-refractivity contribution in [3.8, 4) is 11.6 Å². The molecule has 5 rings (SSSR count). The van der Waals surface area contributed by atoms with Gasteiger partial charge < -0.3 is 14.8 Å². The van der Waals surface area contributed by atoms with Crippen molar-refractivity contribution in [2.24, 2.45) is 7.05 Å². The standard InChI is InChI=1S/C23H26N4O3/c1-13-10-20(25-23-21(13)22(14-4-5-14)26-27(23)2)30-12-19(28)24-18-9-6-15-11-16(29-3)7-8-17(15)18/h7-8,10-11,14,18H,4-6,9,12H2,1-3H3,(H,24,28)/t18-/m1/s1. The van der Waals surface area contributed by atoms with Gasteiger partial charge in [0, 0.05) is 24.4 Å². The molecule has 0 radical (unpaired) electrons. The molecule has 2 aliphatic rings. The number of aryl methyl sites for hydroxylation is 3. The Morgan fingerprint density at radius 2 is 2.10 bits per heavy atom. The molecule has 0 unspecified atom stereocenters. The van der Waals surface area contributed by atoms with Crippen molar-refractivity contribution >= 4 is 16.9 Å². The van der Waals surface area contributed by atoms with Crippen molar-refractivity contribution in [1.82, 2.24) is 20.1 Å². The number of hydrogen-bond acceptors (Lipinski definition) is 5. The van der Waals surface area contributed by atoms with Crippen LogP contribution in [0, 0.1) is 6.92 Å². The molecule has 1 atom stereocenters. The van der Waals surface area contributed by atoms with Gasteiger partial charge in [-0.3, -0.25) is 9.48 Å². The highest BCUT2D eigenvalue weighted by Crippen LogP contribution is 2.43. The molecule has 0 spiro atoms. The highest BCUT2D eigenvalue weighted by atomic mass is 16.5.